The molecule has 0 heterocycles. The summed E-state index contributed by atoms with van der Waals surface area (Å²) in [5, 5.41) is 11.0. The van der Waals surface area contributed by atoms with Crippen molar-refractivity contribution in [3.05, 3.63) is 0 Å². The van der Waals surface area contributed by atoms with Gasteiger partial charge in [0.1, 0.15) is 11.4 Å². The molecule has 4 aliphatic rings. The van der Waals surface area contributed by atoms with Gasteiger partial charge in [0, 0.05) is 18.3 Å². The van der Waals surface area contributed by atoms with Crippen LogP contribution in [0.4, 0.5) is 0 Å². The lowest BCUT2D eigenvalue weighted by Gasteiger charge is -2.60. The van der Waals surface area contributed by atoms with Crippen molar-refractivity contribution in [1.29, 1.82) is 0 Å². The molecular formula is C21H30O2. The summed E-state index contributed by atoms with van der Waals surface area (Å²) >= 11 is 0. The Morgan fingerprint density at radius 3 is 2.57 bits per heavy atom. The molecule has 4 saturated carbocycles. The summed E-state index contributed by atoms with van der Waals surface area (Å²) in [4.78, 5) is 11.9. The van der Waals surface area contributed by atoms with Crippen LogP contribution in [0.5, 0.6) is 0 Å². The van der Waals surface area contributed by atoms with Crippen molar-refractivity contribution < 1.29 is 9.90 Å². The molecule has 2 heteroatoms. The molecule has 0 aliphatic heterocycles. The molecule has 0 spiro atoms. The van der Waals surface area contributed by atoms with Gasteiger partial charge in [0.05, 0.1) is 0 Å². The van der Waals surface area contributed by atoms with Gasteiger partial charge in [-0.05, 0) is 74.0 Å². The number of fused-ring (bicyclic) bond motifs is 5. The second-order valence-electron chi connectivity index (χ2n) is 9.40. The molecule has 7 atom stereocenters. The van der Waals surface area contributed by atoms with E-state index in [-0.39, 0.29) is 5.41 Å². The predicted molar refractivity (Wildman–Crippen MR) is 90.5 cm³/mol. The molecule has 0 radical (unpaired) electrons. The van der Waals surface area contributed by atoms with Gasteiger partial charge < -0.3 is 5.11 Å². The number of Topliss-reactive ketones (excluding diaryl/α,β-unsaturated/α-hetero) is 1. The fraction of sp³-hybridized carbons (Fsp3) is 0.857. The SMILES string of the molecule is C#C[C@@]1(O)CC[C@@H]2[C@@H]3CC[C@@H]4CC(=O)CC[C@@]4(C)[C@H]3CC[C@]21C. The molecule has 4 aliphatic carbocycles. The van der Waals surface area contributed by atoms with Crippen molar-refractivity contribution >= 4 is 5.78 Å². The summed E-state index contributed by atoms with van der Waals surface area (Å²) < 4.78 is 0. The lowest BCUT2D eigenvalue weighted by atomic mass is 9.44. The van der Waals surface area contributed by atoms with Gasteiger partial charge in [0.15, 0.2) is 0 Å². The number of hydrogen-bond donors (Lipinski definition) is 1. The van der Waals surface area contributed by atoms with E-state index >= 15 is 0 Å². The highest BCUT2D eigenvalue weighted by atomic mass is 16.3. The van der Waals surface area contributed by atoms with Crippen LogP contribution in [0.15, 0.2) is 0 Å². The minimum Gasteiger partial charge on any atom is -0.377 e. The first-order chi connectivity index (χ1) is 10.8. The molecule has 0 aromatic heterocycles. The number of ketones is 1. The Bertz CT molecular complexity index is 575. The molecule has 0 aromatic carbocycles. The summed E-state index contributed by atoms with van der Waals surface area (Å²) in [6.07, 6.45) is 14.9. The smallest absolute Gasteiger partial charge is 0.133 e. The molecule has 0 unspecified atom stereocenters. The van der Waals surface area contributed by atoms with E-state index in [1.165, 1.54) is 19.3 Å². The zero-order chi connectivity index (χ0) is 16.5. The van der Waals surface area contributed by atoms with Crippen LogP contribution in [0.3, 0.4) is 0 Å². The summed E-state index contributed by atoms with van der Waals surface area (Å²) in [6, 6.07) is 0. The van der Waals surface area contributed by atoms with Gasteiger partial charge >= 0.3 is 0 Å². The second-order valence-corrected chi connectivity index (χ2v) is 9.40. The monoisotopic (exact) mass is 314 g/mol. The van der Waals surface area contributed by atoms with Crippen LogP contribution in [0.1, 0.15) is 71.6 Å². The van der Waals surface area contributed by atoms with Crippen molar-refractivity contribution in [2.24, 2.45) is 34.5 Å². The Balaban J connectivity index is 1.66. The number of carbonyl (C=O) groups excluding carboxylic acids is 1. The quantitative estimate of drug-likeness (QED) is 0.687. The standard InChI is InChI=1S/C21H30O2/c1-4-21(23)12-9-18-16-6-5-14-13-15(22)7-10-19(14,2)17(16)8-11-20(18,21)3/h1,14,16-18,23H,5-13H2,2-3H3/t14-,16-,17+,18-,19-,20-,21-/m1/s1. The highest BCUT2D eigenvalue weighted by Gasteiger charge is 2.64. The largest absolute Gasteiger partial charge is 0.377 e. The molecule has 4 rings (SSSR count). The fourth-order valence-corrected chi connectivity index (χ4v) is 7.30. The van der Waals surface area contributed by atoms with Crippen LogP contribution < -0.4 is 0 Å². The average molecular weight is 314 g/mol. The Morgan fingerprint density at radius 1 is 1.09 bits per heavy atom. The first-order valence-corrected chi connectivity index (χ1v) is 9.56. The second kappa shape index (κ2) is 4.85. The molecular weight excluding hydrogens is 284 g/mol. The molecule has 0 aromatic rings. The summed E-state index contributed by atoms with van der Waals surface area (Å²) in [5.41, 5.74) is -0.658. The van der Waals surface area contributed by atoms with E-state index in [1.807, 2.05) is 0 Å². The molecule has 126 valence electrons. The zero-order valence-corrected chi connectivity index (χ0v) is 14.6. The van der Waals surface area contributed by atoms with Gasteiger partial charge in [-0.15, -0.1) is 6.42 Å². The maximum absolute atomic E-state index is 11.9. The predicted octanol–water partition coefficient (Wildman–Crippen LogP) is 3.96. The maximum Gasteiger partial charge on any atom is 0.133 e. The van der Waals surface area contributed by atoms with Gasteiger partial charge in [0.2, 0.25) is 0 Å². The van der Waals surface area contributed by atoms with E-state index in [2.05, 4.69) is 19.8 Å². The average Bonchev–Trinajstić information content (AvgIpc) is 2.80. The van der Waals surface area contributed by atoms with Crippen molar-refractivity contribution in [2.75, 3.05) is 0 Å². The molecule has 4 fully saturated rings. The Labute approximate surface area is 140 Å². The lowest BCUT2D eigenvalue weighted by molar-refractivity contribution is -0.147. The van der Waals surface area contributed by atoms with Crippen molar-refractivity contribution in [3.8, 4) is 12.3 Å². The van der Waals surface area contributed by atoms with E-state index in [0.717, 1.165) is 44.4 Å². The van der Waals surface area contributed by atoms with Crippen molar-refractivity contribution in [3.63, 3.8) is 0 Å². The van der Waals surface area contributed by atoms with Gasteiger partial charge in [-0.1, -0.05) is 19.8 Å². The van der Waals surface area contributed by atoms with Gasteiger partial charge in [-0.2, -0.15) is 0 Å². The number of aliphatic hydroxyl groups is 1. The number of hydrogen-bond acceptors (Lipinski definition) is 2. The first-order valence-electron chi connectivity index (χ1n) is 9.56. The van der Waals surface area contributed by atoms with Crippen LogP contribution in [0.25, 0.3) is 0 Å². The number of rotatable bonds is 0. The summed E-state index contributed by atoms with van der Waals surface area (Å²) in [5.74, 6) is 5.83. The lowest BCUT2D eigenvalue weighted by Crippen LogP contribution is -2.56. The molecule has 0 amide bonds. The Hall–Kier alpha value is -0.810. The molecule has 2 nitrogen and oxygen atoms in total. The minimum absolute atomic E-state index is 0.101. The van der Waals surface area contributed by atoms with E-state index in [4.69, 9.17) is 6.42 Å². The van der Waals surface area contributed by atoms with Crippen LogP contribution in [-0.2, 0) is 4.79 Å². The van der Waals surface area contributed by atoms with E-state index in [9.17, 15) is 9.90 Å². The Kier molecular flexibility index (Phi) is 3.31. The van der Waals surface area contributed by atoms with E-state index in [1.54, 1.807) is 0 Å². The third-order valence-corrected chi connectivity index (χ3v) is 8.87. The number of carbonyl (C=O) groups is 1. The highest BCUT2D eigenvalue weighted by Crippen LogP contribution is 2.67. The van der Waals surface area contributed by atoms with Crippen molar-refractivity contribution in [1.82, 2.24) is 0 Å². The van der Waals surface area contributed by atoms with Crippen LogP contribution in [0.2, 0.25) is 0 Å². The van der Waals surface area contributed by atoms with Gasteiger partial charge in [-0.3, -0.25) is 4.79 Å². The molecule has 1 N–H and O–H groups in total. The van der Waals surface area contributed by atoms with Gasteiger partial charge in [-0.25, -0.2) is 0 Å². The third-order valence-electron chi connectivity index (χ3n) is 8.87. The number of terminal acetylenes is 1. The third kappa shape index (κ3) is 1.89. The van der Waals surface area contributed by atoms with Crippen LogP contribution in [-0.4, -0.2) is 16.5 Å². The Morgan fingerprint density at radius 2 is 1.83 bits per heavy atom. The molecule has 0 bridgehead atoms. The maximum atomic E-state index is 11.9. The topological polar surface area (TPSA) is 37.3 Å². The molecule has 0 saturated heterocycles. The minimum atomic E-state index is -0.900. The van der Waals surface area contributed by atoms with Gasteiger partial charge in [0.25, 0.3) is 0 Å². The normalized spacial score (nSPS) is 55.5. The van der Waals surface area contributed by atoms with E-state index in [0.29, 0.717) is 29.0 Å². The van der Waals surface area contributed by atoms with Crippen molar-refractivity contribution in [2.45, 2.75) is 77.2 Å². The van der Waals surface area contributed by atoms with E-state index < -0.39 is 5.60 Å². The first kappa shape index (κ1) is 15.7. The van der Waals surface area contributed by atoms with Crippen LogP contribution >= 0.6 is 0 Å². The summed E-state index contributed by atoms with van der Waals surface area (Å²) in [7, 11) is 0. The van der Waals surface area contributed by atoms with Crippen LogP contribution in [0, 0.1) is 46.8 Å². The molecule has 23 heavy (non-hydrogen) atoms. The fourth-order valence-electron chi connectivity index (χ4n) is 7.30. The highest BCUT2D eigenvalue weighted by molar-refractivity contribution is 5.79. The summed E-state index contributed by atoms with van der Waals surface area (Å²) in [6.45, 7) is 4.71. The zero-order valence-electron chi connectivity index (χ0n) is 14.6.